The zero-order valence-corrected chi connectivity index (χ0v) is 19.0. The first-order valence-corrected chi connectivity index (χ1v) is 12.1. The molecule has 3 heterocycles. The largest absolute Gasteiger partial charge is 0.460 e. The Morgan fingerprint density at radius 2 is 1.81 bits per heavy atom. The van der Waals surface area contributed by atoms with Crippen LogP contribution in [0.1, 0.15) is 44.1 Å². The first-order valence-electron chi connectivity index (χ1n) is 12.1. The van der Waals surface area contributed by atoms with Gasteiger partial charge in [-0.25, -0.2) is 0 Å². The lowest BCUT2D eigenvalue weighted by molar-refractivity contribution is -0.153. The highest BCUT2D eigenvalue weighted by atomic mass is 16.5. The fourth-order valence-corrected chi connectivity index (χ4v) is 6.20. The smallest absolute Gasteiger partial charge is 0.323 e. The van der Waals surface area contributed by atoms with Gasteiger partial charge in [0.1, 0.15) is 24.9 Å². The van der Waals surface area contributed by atoms with E-state index in [9.17, 15) is 14.7 Å². The molecule has 1 spiro atoms. The van der Waals surface area contributed by atoms with Gasteiger partial charge in [0.2, 0.25) is 5.91 Å². The topological polar surface area (TPSA) is 73.1 Å². The maximum Gasteiger partial charge on any atom is 0.323 e. The van der Waals surface area contributed by atoms with Gasteiger partial charge < -0.3 is 14.7 Å². The van der Waals surface area contributed by atoms with E-state index in [1.165, 1.54) is 12.8 Å². The molecule has 1 saturated carbocycles. The van der Waals surface area contributed by atoms with Crippen LogP contribution in [0.2, 0.25) is 0 Å². The first kappa shape index (κ1) is 21.9. The van der Waals surface area contributed by atoms with E-state index < -0.39 is 6.23 Å². The standard InChI is InChI=1S/C25H35N3O4/c1-26-21(22(26)29)23(30)28-14-12-25(17-28)11-13-27(16-25)20(19-9-5-6-10-19)24(31)32-15-18-7-3-2-4-8-18/h2-4,7-8,19-22,29H,5-6,9-17H2,1H3/t20-,21+,22+,25-,26?/m0/s1. The van der Waals surface area contributed by atoms with Crippen molar-refractivity contribution in [2.75, 3.05) is 33.2 Å². The number of ether oxygens (including phenoxy) is 1. The molecule has 1 N–H and O–H groups in total. The molecule has 7 nitrogen and oxygen atoms in total. The van der Waals surface area contributed by atoms with Crippen molar-refractivity contribution in [3.05, 3.63) is 35.9 Å². The van der Waals surface area contributed by atoms with Crippen molar-refractivity contribution in [3.63, 3.8) is 0 Å². The van der Waals surface area contributed by atoms with Crippen LogP contribution >= 0.6 is 0 Å². The van der Waals surface area contributed by atoms with Crippen LogP contribution in [0.5, 0.6) is 0 Å². The van der Waals surface area contributed by atoms with E-state index in [1.54, 1.807) is 11.9 Å². The summed E-state index contributed by atoms with van der Waals surface area (Å²) < 4.78 is 5.81. The van der Waals surface area contributed by atoms with Gasteiger partial charge in [-0.1, -0.05) is 43.2 Å². The molecule has 4 aliphatic rings. The second-order valence-corrected chi connectivity index (χ2v) is 10.3. The molecule has 5 rings (SSSR count). The highest BCUT2D eigenvalue weighted by Crippen LogP contribution is 2.43. The monoisotopic (exact) mass is 441 g/mol. The fourth-order valence-electron chi connectivity index (χ4n) is 6.20. The summed E-state index contributed by atoms with van der Waals surface area (Å²) in [6.07, 6.45) is 5.89. The van der Waals surface area contributed by atoms with Crippen LogP contribution in [-0.4, -0.2) is 83.2 Å². The number of hydrogen-bond acceptors (Lipinski definition) is 6. The zero-order chi connectivity index (χ0) is 22.3. The van der Waals surface area contributed by atoms with Crippen LogP contribution in [0.3, 0.4) is 0 Å². The Bertz CT molecular complexity index is 835. The summed E-state index contributed by atoms with van der Waals surface area (Å²) in [5.41, 5.74) is 1.08. The Hall–Kier alpha value is -1.96. The van der Waals surface area contributed by atoms with Gasteiger partial charge in [-0.15, -0.1) is 0 Å². The lowest BCUT2D eigenvalue weighted by Gasteiger charge is -2.32. The number of carbonyl (C=O) groups excluding carboxylic acids is 2. The molecule has 32 heavy (non-hydrogen) atoms. The van der Waals surface area contributed by atoms with Gasteiger partial charge in [0.15, 0.2) is 0 Å². The number of rotatable bonds is 6. The number of aliphatic hydroxyl groups excluding tert-OH is 1. The fraction of sp³-hybridized carbons (Fsp3) is 0.680. The normalized spacial score (nSPS) is 33.7. The predicted octanol–water partition coefficient (Wildman–Crippen LogP) is 1.85. The molecule has 1 aromatic carbocycles. The van der Waals surface area contributed by atoms with Gasteiger partial charge in [0.25, 0.3) is 0 Å². The number of nitrogens with zero attached hydrogens (tertiary/aromatic N) is 3. The van der Waals surface area contributed by atoms with Crippen molar-refractivity contribution in [1.82, 2.24) is 14.7 Å². The van der Waals surface area contributed by atoms with Crippen molar-refractivity contribution in [2.45, 2.75) is 63.4 Å². The van der Waals surface area contributed by atoms with Crippen LogP contribution in [0.15, 0.2) is 30.3 Å². The Morgan fingerprint density at radius 1 is 1.12 bits per heavy atom. The number of benzene rings is 1. The molecule has 5 atom stereocenters. The summed E-state index contributed by atoms with van der Waals surface area (Å²) in [7, 11) is 1.78. The molecule has 0 radical (unpaired) electrons. The second kappa shape index (κ2) is 8.76. The number of esters is 1. The van der Waals surface area contributed by atoms with Crippen LogP contribution in [0, 0.1) is 11.3 Å². The van der Waals surface area contributed by atoms with Crippen molar-refractivity contribution in [1.29, 1.82) is 0 Å². The molecule has 1 amide bonds. The third kappa shape index (κ3) is 4.18. The number of aliphatic hydroxyl groups is 1. The molecular formula is C25H35N3O4. The third-order valence-electron chi connectivity index (χ3n) is 8.22. The van der Waals surface area contributed by atoms with Crippen LogP contribution in [-0.2, 0) is 20.9 Å². The van der Waals surface area contributed by atoms with E-state index in [1.807, 2.05) is 35.2 Å². The average Bonchev–Trinajstić information content (AvgIpc) is 3.33. The molecule has 0 aromatic heterocycles. The van der Waals surface area contributed by atoms with Crippen molar-refractivity contribution in [3.8, 4) is 0 Å². The first-order chi connectivity index (χ1) is 15.5. The summed E-state index contributed by atoms with van der Waals surface area (Å²) in [6.45, 7) is 3.53. The number of likely N-dealkylation sites (tertiary alicyclic amines) is 2. The maximum absolute atomic E-state index is 13.3. The van der Waals surface area contributed by atoms with E-state index in [-0.39, 0.29) is 29.4 Å². The molecule has 3 aliphatic heterocycles. The van der Waals surface area contributed by atoms with Gasteiger partial charge in [-0.3, -0.25) is 19.4 Å². The summed E-state index contributed by atoms with van der Waals surface area (Å²) >= 11 is 0. The number of hydrogen-bond donors (Lipinski definition) is 1. The number of carbonyl (C=O) groups is 2. The molecule has 1 aliphatic carbocycles. The molecule has 1 unspecified atom stereocenters. The van der Waals surface area contributed by atoms with E-state index in [0.717, 1.165) is 57.4 Å². The molecule has 0 bridgehead atoms. The summed E-state index contributed by atoms with van der Waals surface area (Å²) in [4.78, 5) is 32.0. The Labute approximate surface area is 190 Å². The van der Waals surface area contributed by atoms with Gasteiger partial charge in [-0.2, -0.15) is 0 Å². The molecule has 3 saturated heterocycles. The minimum atomic E-state index is -0.634. The Kier molecular flexibility index (Phi) is 5.99. The molecule has 1 aromatic rings. The summed E-state index contributed by atoms with van der Waals surface area (Å²) in [5, 5.41) is 9.83. The van der Waals surface area contributed by atoms with Gasteiger partial charge in [-0.05, 0) is 50.8 Å². The lowest BCUT2D eigenvalue weighted by atomic mass is 9.86. The quantitative estimate of drug-likeness (QED) is 0.537. The van der Waals surface area contributed by atoms with E-state index >= 15 is 0 Å². The minimum Gasteiger partial charge on any atom is -0.460 e. The number of likely N-dealkylation sites (N-methyl/N-ethyl adjacent to an activating group) is 1. The van der Waals surface area contributed by atoms with Crippen molar-refractivity contribution < 1.29 is 19.4 Å². The molecular weight excluding hydrogens is 406 g/mol. The van der Waals surface area contributed by atoms with E-state index in [4.69, 9.17) is 4.74 Å². The van der Waals surface area contributed by atoms with E-state index in [2.05, 4.69) is 4.90 Å². The highest BCUT2D eigenvalue weighted by molar-refractivity contribution is 5.85. The van der Waals surface area contributed by atoms with Crippen molar-refractivity contribution >= 4 is 11.9 Å². The van der Waals surface area contributed by atoms with Gasteiger partial charge in [0.05, 0.1) is 0 Å². The molecule has 4 fully saturated rings. The Balaban J connectivity index is 1.23. The van der Waals surface area contributed by atoms with Crippen LogP contribution in [0.4, 0.5) is 0 Å². The van der Waals surface area contributed by atoms with Gasteiger partial charge >= 0.3 is 5.97 Å². The predicted molar refractivity (Wildman–Crippen MR) is 119 cm³/mol. The SMILES string of the molecule is CN1[C@H](O)[C@@H]1C(=O)N1CC[C@]2(CCN([C@H](C(=O)OCc3ccccc3)C3CCCC3)C2)C1. The highest BCUT2D eigenvalue weighted by Gasteiger charge is 2.54. The molecule has 174 valence electrons. The lowest BCUT2D eigenvalue weighted by Crippen LogP contribution is -2.46. The number of amides is 1. The van der Waals surface area contributed by atoms with E-state index in [0.29, 0.717) is 12.5 Å². The zero-order valence-electron chi connectivity index (χ0n) is 19.0. The summed E-state index contributed by atoms with van der Waals surface area (Å²) in [6, 6.07) is 9.32. The summed E-state index contributed by atoms with van der Waals surface area (Å²) in [5.74, 6) is 0.319. The van der Waals surface area contributed by atoms with Crippen molar-refractivity contribution in [2.24, 2.45) is 11.3 Å². The van der Waals surface area contributed by atoms with Gasteiger partial charge in [0, 0.05) is 25.0 Å². The Morgan fingerprint density at radius 3 is 2.50 bits per heavy atom. The van der Waals surface area contributed by atoms with Crippen LogP contribution in [0.25, 0.3) is 0 Å². The minimum absolute atomic E-state index is 0.0462. The molecule has 7 heteroatoms. The maximum atomic E-state index is 13.3. The third-order valence-corrected chi connectivity index (χ3v) is 8.22. The average molecular weight is 442 g/mol. The second-order valence-electron chi connectivity index (χ2n) is 10.3. The van der Waals surface area contributed by atoms with Crippen LogP contribution < -0.4 is 0 Å².